The quantitative estimate of drug-likeness (QED) is 0.266. The van der Waals surface area contributed by atoms with Crippen molar-refractivity contribution < 1.29 is 4.74 Å². The predicted molar refractivity (Wildman–Crippen MR) is 44.0 cm³/mol. The van der Waals surface area contributed by atoms with Crippen LogP contribution in [-0.4, -0.2) is 13.8 Å². The Kier molecular flexibility index (Phi) is 3.68. The molecule has 0 aromatic rings. The van der Waals surface area contributed by atoms with Crippen LogP contribution >= 0.6 is 0 Å². The highest BCUT2D eigenvalue weighted by molar-refractivity contribution is 5.40. The van der Waals surface area contributed by atoms with Crippen LogP contribution < -0.4 is 0 Å². The molecule has 0 aliphatic heterocycles. The van der Waals surface area contributed by atoms with Crippen molar-refractivity contribution in [1.82, 2.24) is 0 Å². The first-order valence-corrected chi connectivity index (χ1v) is 2.98. The highest BCUT2D eigenvalue weighted by atomic mass is 16.5. The first-order valence-electron chi connectivity index (χ1n) is 2.98. The van der Waals surface area contributed by atoms with E-state index in [2.05, 4.69) is 18.3 Å². The first kappa shape index (κ1) is 9.44. The monoisotopic (exact) mass is 150 g/mol. The van der Waals surface area contributed by atoms with Gasteiger partial charge in [0.05, 0.1) is 7.11 Å². The summed E-state index contributed by atoms with van der Waals surface area (Å²) in [6.45, 7) is 8.59. The summed E-state index contributed by atoms with van der Waals surface area (Å²) in [4.78, 5) is 3.48. The Morgan fingerprint density at radius 2 is 2.18 bits per heavy atom. The number of methoxy groups -OCH3 is 1. The van der Waals surface area contributed by atoms with Gasteiger partial charge in [-0.1, -0.05) is 6.58 Å². The predicted octanol–water partition coefficient (Wildman–Crippen LogP) is 1.64. The fourth-order valence-corrected chi connectivity index (χ4v) is 0.631. The Morgan fingerprint density at radius 3 is 2.27 bits per heavy atom. The van der Waals surface area contributed by atoms with Gasteiger partial charge in [-0.2, -0.15) is 5.26 Å². The maximum atomic E-state index is 8.51. The van der Waals surface area contributed by atoms with Crippen LogP contribution in [0, 0.1) is 11.3 Å². The van der Waals surface area contributed by atoms with Crippen LogP contribution in [0.1, 0.15) is 6.92 Å². The van der Waals surface area contributed by atoms with Crippen molar-refractivity contribution in [3.63, 3.8) is 0 Å². The third kappa shape index (κ3) is 2.26. The third-order valence-electron chi connectivity index (χ3n) is 1.07. The van der Waals surface area contributed by atoms with Crippen molar-refractivity contribution in [3.8, 4) is 6.07 Å². The van der Waals surface area contributed by atoms with E-state index < -0.39 is 0 Å². The molecule has 0 saturated heterocycles. The minimum absolute atomic E-state index is 0.167. The summed E-state index contributed by atoms with van der Waals surface area (Å²) in [6, 6.07) is 1.85. The van der Waals surface area contributed by atoms with Gasteiger partial charge in [-0.15, -0.1) is 0 Å². The van der Waals surface area contributed by atoms with Crippen molar-refractivity contribution in [2.24, 2.45) is 4.99 Å². The van der Waals surface area contributed by atoms with E-state index >= 15 is 0 Å². The van der Waals surface area contributed by atoms with Gasteiger partial charge in [0.2, 0.25) is 0 Å². The molecule has 0 aromatic carbocycles. The normalized spacial score (nSPS) is 11.0. The molecule has 0 heterocycles. The number of nitrogens with zero attached hydrogens (tertiary/aromatic N) is 2. The smallest absolute Gasteiger partial charge is 0.182 e. The van der Waals surface area contributed by atoms with Gasteiger partial charge >= 0.3 is 0 Å². The zero-order valence-corrected chi connectivity index (χ0v) is 6.72. The van der Waals surface area contributed by atoms with Gasteiger partial charge in [0, 0.05) is 0 Å². The third-order valence-corrected chi connectivity index (χ3v) is 1.07. The molecule has 3 nitrogen and oxygen atoms in total. The average molecular weight is 150 g/mol. The lowest BCUT2D eigenvalue weighted by Gasteiger charge is -2.04. The fraction of sp³-hybridized carbons (Fsp3) is 0.250. The Bertz CT molecular complexity index is 245. The number of nitriles is 1. The van der Waals surface area contributed by atoms with E-state index in [4.69, 9.17) is 10.00 Å². The number of hydrogen-bond acceptors (Lipinski definition) is 3. The molecule has 11 heavy (non-hydrogen) atoms. The minimum Gasteiger partial charge on any atom is -0.493 e. The summed E-state index contributed by atoms with van der Waals surface area (Å²) < 4.78 is 4.88. The van der Waals surface area contributed by atoms with Crippen molar-refractivity contribution in [3.05, 3.63) is 23.6 Å². The first-order chi connectivity index (χ1) is 5.17. The Labute approximate surface area is 66.3 Å². The molecule has 0 aliphatic rings. The van der Waals surface area contributed by atoms with Gasteiger partial charge in [-0.25, -0.2) is 4.99 Å². The van der Waals surface area contributed by atoms with E-state index in [1.165, 1.54) is 7.11 Å². The van der Waals surface area contributed by atoms with Crippen LogP contribution in [0.25, 0.3) is 0 Å². The highest BCUT2D eigenvalue weighted by Gasteiger charge is 2.04. The molecule has 0 fully saturated rings. The molecule has 0 radical (unpaired) electrons. The number of hydrogen-bond donors (Lipinski definition) is 0. The maximum absolute atomic E-state index is 8.51. The fourth-order valence-electron chi connectivity index (χ4n) is 0.631. The summed E-state index contributed by atoms with van der Waals surface area (Å²) >= 11 is 0. The molecule has 0 aromatic heterocycles. The lowest BCUT2D eigenvalue weighted by atomic mass is 10.2. The van der Waals surface area contributed by atoms with E-state index in [0.717, 1.165) is 0 Å². The van der Waals surface area contributed by atoms with E-state index in [1.54, 1.807) is 6.92 Å². The van der Waals surface area contributed by atoms with Crippen LogP contribution in [0.3, 0.4) is 0 Å². The molecule has 0 aliphatic carbocycles. The second-order valence-electron chi connectivity index (χ2n) is 1.93. The molecular formula is C8H10N2O. The zero-order valence-electron chi connectivity index (χ0n) is 6.72. The van der Waals surface area contributed by atoms with E-state index in [-0.39, 0.29) is 5.70 Å². The number of ether oxygens (including phenoxy) is 1. The SMILES string of the molecule is C=N/C(C#N)=C(/OC)C(=C)C. The number of rotatable bonds is 3. The summed E-state index contributed by atoms with van der Waals surface area (Å²) in [5.41, 5.74) is 0.830. The van der Waals surface area contributed by atoms with E-state index in [9.17, 15) is 0 Å². The van der Waals surface area contributed by atoms with Crippen molar-refractivity contribution >= 4 is 6.72 Å². The Balaban J connectivity index is 4.97. The number of allylic oxidation sites excluding steroid dienone is 2. The molecule has 0 bridgehead atoms. The lowest BCUT2D eigenvalue weighted by molar-refractivity contribution is 0.297. The van der Waals surface area contributed by atoms with Gasteiger partial charge in [-0.3, -0.25) is 0 Å². The summed E-state index contributed by atoms with van der Waals surface area (Å²) in [5.74, 6) is 0.391. The molecule has 58 valence electrons. The second kappa shape index (κ2) is 4.29. The zero-order chi connectivity index (χ0) is 8.85. The molecular weight excluding hydrogens is 140 g/mol. The van der Waals surface area contributed by atoms with Gasteiger partial charge in [0.15, 0.2) is 11.5 Å². The van der Waals surface area contributed by atoms with Gasteiger partial charge in [0.25, 0.3) is 0 Å². The largest absolute Gasteiger partial charge is 0.493 e. The van der Waals surface area contributed by atoms with E-state index in [1.807, 2.05) is 6.07 Å². The summed E-state index contributed by atoms with van der Waals surface area (Å²) in [6.07, 6.45) is 0. The molecule has 0 atom stereocenters. The lowest BCUT2D eigenvalue weighted by Crippen LogP contribution is -1.91. The van der Waals surface area contributed by atoms with Gasteiger partial charge in [-0.05, 0) is 19.2 Å². The second-order valence-corrected chi connectivity index (χ2v) is 1.93. The molecule has 0 N–H and O–H groups in total. The van der Waals surface area contributed by atoms with Crippen LogP contribution in [0.15, 0.2) is 28.6 Å². The van der Waals surface area contributed by atoms with Crippen LogP contribution in [0.5, 0.6) is 0 Å². The molecule has 0 saturated carbocycles. The van der Waals surface area contributed by atoms with E-state index in [0.29, 0.717) is 11.3 Å². The molecule has 0 spiro atoms. The molecule has 0 amide bonds. The Morgan fingerprint density at radius 1 is 1.64 bits per heavy atom. The standard InChI is InChI=1S/C8H10N2O/c1-6(2)8(11-4)7(5-9)10-3/h1,3H2,2,4H3/b8-7+. The van der Waals surface area contributed by atoms with Gasteiger partial charge < -0.3 is 4.74 Å². The van der Waals surface area contributed by atoms with Crippen LogP contribution in [0.2, 0.25) is 0 Å². The summed E-state index contributed by atoms with van der Waals surface area (Å²) in [7, 11) is 1.46. The molecule has 3 heteroatoms. The molecule has 0 unspecified atom stereocenters. The highest BCUT2D eigenvalue weighted by Crippen LogP contribution is 2.13. The minimum atomic E-state index is 0.167. The maximum Gasteiger partial charge on any atom is 0.182 e. The van der Waals surface area contributed by atoms with Crippen molar-refractivity contribution in [2.75, 3.05) is 7.11 Å². The topological polar surface area (TPSA) is 45.4 Å². The van der Waals surface area contributed by atoms with Gasteiger partial charge in [0.1, 0.15) is 6.07 Å². The summed E-state index contributed by atoms with van der Waals surface area (Å²) in [5, 5.41) is 8.51. The average Bonchev–Trinajstić information content (AvgIpc) is 1.99. The molecule has 0 rings (SSSR count). The number of aliphatic imine (C=N–C) groups is 1. The Hall–Kier alpha value is -1.56. The van der Waals surface area contributed by atoms with Crippen LogP contribution in [-0.2, 0) is 4.74 Å². The van der Waals surface area contributed by atoms with Crippen molar-refractivity contribution in [1.29, 1.82) is 5.26 Å². The van der Waals surface area contributed by atoms with Crippen molar-refractivity contribution in [2.45, 2.75) is 6.92 Å². The van der Waals surface area contributed by atoms with Crippen LogP contribution in [0.4, 0.5) is 0 Å².